The van der Waals surface area contributed by atoms with E-state index in [9.17, 15) is 10.1 Å². The molecule has 0 aromatic heterocycles. The molecule has 120 valence electrons. The molecule has 1 heterocycles. The van der Waals surface area contributed by atoms with Gasteiger partial charge in [-0.25, -0.2) is 0 Å². The van der Waals surface area contributed by atoms with Crippen LogP contribution in [0.15, 0.2) is 59.1 Å². The molecule has 1 aliphatic rings. The molecular weight excluding hydrogens is 318 g/mol. The van der Waals surface area contributed by atoms with Crippen molar-refractivity contribution in [2.45, 2.75) is 20.0 Å². The number of aryl methyl sites for hydroxylation is 2. The number of hydrogen-bond acceptors (Lipinski definition) is 4. The Balaban J connectivity index is 2.20. The van der Waals surface area contributed by atoms with Crippen molar-refractivity contribution in [3.63, 3.8) is 0 Å². The van der Waals surface area contributed by atoms with Gasteiger partial charge in [-0.05, 0) is 31.0 Å². The Morgan fingerprint density at radius 3 is 2.50 bits per heavy atom. The van der Waals surface area contributed by atoms with Crippen LogP contribution in [-0.2, 0) is 4.79 Å². The molecule has 0 saturated carbocycles. The molecule has 1 atom stereocenters. The maximum absolute atomic E-state index is 12.3. The molecule has 1 unspecified atom stereocenters. The van der Waals surface area contributed by atoms with Gasteiger partial charge in [-0.15, -0.1) is 12.6 Å². The maximum Gasteiger partial charge on any atom is 0.266 e. The highest BCUT2D eigenvalue weighted by molar-refractivity contribution is 7.84. The van der Waals surface area contributed by atoms with Crippen LogP contribution < -0.4 is 10.2 Å². The second kappa shape index (κ2) is 6.42. The number of hydrogen-bond donors (Lipinski definition) is 2. The molecule has 0 aliphatic carbocycles. The van der Waals surface area contributed by atoms with Crippen molar-refractivity contribution >= 4 is 24.2 Å². The molecule has 0 bridgehead atoms. The summed E-state index contributed by atoms with van der Waals surface area (Å²) in [5.41, 5.74) is 4.06. The van der Waals surface area contributed by atoms with E-state index in [1.165, 1.54) is 0 Å². The summed E-state index contributed by atoms with van der Waals surface area (Å²) in [6.07, 6.45) is -0.412. The molecule has 2 aromatic rings. The summed E-state index contributed by atoms with van der Waals surface area (Å²) in [5.74, 6) is -0.405. The van der Waals surface area contributed by atoms with E-state index in [1.807, 2.05) is 67.3 Å². The van der Waals surface area contributed by atoms with Crippen LogP contribution in [0.3, 0.4) is 0 Å². The Morgan fingerprint density at radius 2 is 1.88 bits per heavy atom. The fourth-order valence-corrected chi connectivity index (χ4v) is 3.28. The Hall–Kier alpha value is -2.71. The average Bonchev–Trinajstić information content (AvgIpc) is 2.57. The first kappa shape index (κ1) is 16.2. The monoisotopic (exact) mass is 335 g/mol. The fraction of sp³-hybridized carbons (Fsp3) is 0.158. The third-order valence-electron chi connectivity index (χ3n) is 4.04. The third kappa shape index (κ3) is 2.77. The second-order valence-electron chi connectivity index (χ2n) is 5.76. The van der Waals surface area contributed by atoms with Crippen LogP contribution in [0.1, 0.15) is 22.9 Å². The minimum Gasteiger partial charge on any atom is -0.327 e. The predicted molar refractivity (Wildman–Crippen MR) is 97.3 cm³/mol. The van der Waals surface area contributed by atoms with Crippen molar-refractivity contribution < 1.29 is 4.79 Å². The van der Waals surface area contributed by atoms with Crippen molar-refractivity contribution in [2.24, 2.45) is 0 Å². The maximum atomic E-state index is 12.3. The Bertz CT molecular complexity index is 868. The second-order valence-corrected chi connectivity index (χ2v) is 6.18. The number of nitrogens with one attached hydrogen (secondary N) is 1. The lowest BCUT2D eigenvalue weighted by atomic mass is 10.0. The Labute approximate surface area is 146 Å². The lowest BCUT2D eigenvalue weighted by Gasteiger charge is -2.38. The molecule has 0 fully saturated rings. The lowest BCUT2D eigenvalue weighted by molar-refractivity contribution is -0.118. The van der Waals surface area contributed by atoms with Crippen LogP contribution in [0.25, 0.3) is 0 Å². The highest BCUT2D eigenvalue weighted by Gasteiger charge is 2.34. The molecule has 0 saturated heterocycles. The fourth-order valence-electron chi connectivity index (χ4n) is 2.90. The topological polar surface area (TPSA) is 56.1 Å². The van der Waals surface area contributed by atoms with Crippen LogP contribution >= 0.6 is 12.6 Å². The van der Waals surface area contributed by atoms with Crippen molar-refractivity contribution in [2.75, 3.05) is 4.90 Å². The number of rotatable bonds is 2. The number of nitrogens with zero attached hydrogens (tertiary/aromatic N) is 2. The summed E-state index contributed by atoms with van der Waals surface area (Å²) in [6, 6.07) is 17.7. The normalized spacial score (nSPS) is 17.5. The van der Waals surface area contributed by atoms with Crippen LogP contribution in [0.2, 0.25) is 0 Å². The van der Waals surface area contributed by atoms with Crippen LogP contribution in [-0.4, -0.2) is 5.91 Å². The van der Waals surface area contributed by atoms with E-state index in [-0.39, 0.29) is 5.57 Å². The van der Waals surface area contributed by atoms with Gasteiger partial charge in [-0.2, -0.15) is 5.26 Å². The van der Waals surface area contributed by atoms with Gasteiger partial charge >= 0.3 is 0 Å². The van der Waals surface area contributed by atoms with Gasteiger partial charge in [0.25, 0.3) is 5.91 Å². The van der Waals surface area contributed by atoms with E-state index in [4.69, 9.17) is 0 Å². The van der Waals surface area contributed by atoms with Gasteiger partial charge in [-0.1, -0.05) is 48.0 Å². The zero-order chi connectivity index (χ0) is 17.3. The van der Waals surface area contributed by atoms with Crippen LogP contribution in [0.5, 0.6) is 0 Å². The van der Waals surface area contributed by atoms with Gasteiger partial charge < -0.3 is 10.2 Å². The first-order valence-corrected chi connectivity index (χ1v) is 8.03. The van der Waals surface area contributed by atoms with E-state index >= 15 is 0 Å². The highest BCUT2D eigenvalue weighted by Crippen LogP contribution is 2.37. The molecular formula is C19H17N3OS. The Kier molecular flexibility index (Phi) is 4.32. The van der Waals surface area contributed by atoms with E-state index in [0.717, 1.165) is 22.4 Å². The van der Waals surface area contributed by atoms with E-state index < -0.39 is 12.1 Å². The first-order valence-electron chi connectivity index (χ1n) is 7.58. The molecule has 2 aromatic carbocycles. The quantitative estimate of drug-likeness (QED) is 0.825. The summed E-state index contributed by atoms with van der Waals surface area (Å²) in [4.78, 5) is 14.2. The molecule has 4 nitrogen and oxygen atoms in total. The molecule has 3 rings (SSSR count). The summed E-state index contributed by atoms with van der Waals surface area (Å²) >= 11 is 4.51. The smallest absolute Gasteiger partial charge is 0.266 e. The molecule has 24 heavy (non-hydrogen) atoms. The third-order valence-corrected chi connectivity index (χ3v) is 4.48. The number of carbonyl (C=O) groups excluding carboxylic acids is 1. The number of carbonyl (C=O) groups is 1. The standard InChI is InChI=1S/C19H17N3OS/c1-12-8-9-16(13(2)10-12)22-17(14-6-4-3-5-7-14)21-18(23)15(11-20)19(22)24/h3-10,17,24H,1-2H3,(H,21,23). The summed E-state index contributed by atoms with van der Waals surface area (Å²) in [6.45, 7) is 4.04. The number of nitriles is 1. The number of thiol groups is 1. The number of amides is 1. The molecule has 0 spiro atoms. The molecule has 5 heteroatoms. The minimum absolute atomic E-state index is 0.0190. The number of anilines is 1. The summed E-state index contributed by atoms with van der Waals surface area (Å²) < 4.78 is 0. The average molecular weight is 335 g/mol. The van der Waals surface area contributed by atoms with Crippen molar-refractivity contribution in [3.8, 4) is 6.07 Å². The van der Waals surface area contributed by atoms with Gasteiger partial charge in [0.15, 0.2) is 0 Å². The van der Waals surface area contributed by atoms with E-state index in [1.54, 1.807) is 0 Å². The van der Waals surface area contributed by atoms with Crippen molar-refractivity contribution in [3.05, 3.63) is 75.8 Å². The van der Waals surface area contributed by atoms with Crippen molar-refractivity contribution in [1.82, 2.24) is 5.32 Å². The molecule has 1 aliphatic heterocycles. The van der Waals surface area contributed by atoms with Crippen LogP contribution in [0.4, 0.5) is 5.69 Å². The zero-order valence-corrected chi connectivity index (χ0v) is 14.3. The highest BCUT2D eigenvalue weighted by atomic mass is 32.1. The van der Waals surface area contributed by atoms with Gasteiger partial charge in [0.1, 0.15) is 17.8 Å². The largest absolute Gasteiger partial charge is 0.327 e. The van der Waals surface area contributed by atoms with E-state index in [2.05, 4.69) is 24.0 Å². The first-order chi connectivity index (χ1) is 11.5. The minimum atomic E-state index is -0.412. The lowest BCUT2D eigenvalue weighted by Crippen LogP contribution is -2.46. The van der Waals surface area contributed by atoms with Crippen molar-refractivity contribution in [1.29, 1.82) is 5.26 Å². The van der Waals surface area contributed by atoms with Gasteiger partial charge in [0.2, 0.25) is 0 Å². The SMILES string of the molecule is Cc1ccc(N2C(S)=C(C#N)C(=O)NC2c2ccccc2)c(C)c1. The van der Waals surface area contributed by atoms with Gasteiger partial charge in [0, 0.05) is 5.69 Å². The predicted octanol–water partition coefficient (Wildman–Crippen LogP) is 3.60. The van der Waals surface area contributed by atoms with E-state index in [0.29, 0.717) is 5.03 Å². The molecule has 1 amide bonds. The van der Waals surface area contributed by atoms with Crippen LogP contribution in [0, 0.1) is 25.2 Å². The zero-order valence-electron chi connectivity index (χ0n) is 13.4. The number of benzene rings is 2. The summed E-state index contributed by atoms with van der Waals surface area (Å²) in [7, 11) is 0. The molecule has 0 radical (unpaired) electrons. The van der Waals surface area contributed by atoms with Gasteiger partial charge in [-0.3, -0.25) is 4.79 Å². The molecule has 1 N–H and O–H groups in total. The van der Waals surface area contributed by atoms with Gasteiger partial charge in [0.05, 0.1) is 5.03 Å². The summed E-state index contributed by atoms with van der Waals surface area (Å²) in [5, 5.41) is 12.6. The Morgan fingerprint density at radius 1 is 1.17 bits per heavy atom.